The van der Waals surface area contributed by atoms with Gasteiger partial charge in [0, 0.05) is 6.42 Å². The largest absolute Gasteiger partial charge is 0.464 e. The molecule has 1 aliphatic rings. The lowest BCUT2D eigenvalue weighted by Gasteiger charge is -2.28. The summed E-state index contributed by atoms with van der Waals surface area (Å²) >= 11 is 0. The standard InChI is InChI=1S/C13H15N3O3/c1-2-19-12(18)10-7-11(17)15-13-14-8-5-3-4-6-9(8)16(10)13/h3-6,10-11,17H,2,7H2,1H3,(H,14,15)/t10-,11+/m0/s1. The zero-order chi connectivity index (χ0) is 13.4. The second-order valence-corrected chi connectivity index (χ2v) is 4.46. The minimum atomic E-state index is -0.793. The summed E-state index contributed by atoms with van der Waals surface area (Å²) in [5.41, 5.74) is 1.64. The Kier molecular flexibility index (Phi) is 2.87. The fourth-order valence-electron chi connectivity index (χ4n) is 2.43. The molecule has 0 bridgehead atoms. The second-order valence-electron chi connectivity index (χ2n) is 4.46. The monoisotopic (exact) mass is 261 g/mol. The van der Waals surface area contributed by atoms with Crippen molar-refractivity contribution in [3.05, 3.63) is 24.3 Å². The fourth-order valence-corrected chi connectivity index (χ4v) is 2.43. The van der Waals surface area contributed by atoms with Gasteiger partial charge in [-0.25, -0.2) is 9.78 Å². The number of fused-ring (bicyclic) bond motifs is 3. The first-order valence-corrected chi connectivity index (χ1v) is 6.29. The molecule has 0 saturated heterocycles. The number of hydrogen-bond acceptors (Lipinski definition) is 5. The lowest BCUT2D eigenvalue weighted by atomic mass is 10.1. The number of nitrogens with zero attached hydrogens (tertiary/aromatic N) is 2. The molecule has 0 unspecified atom stereocenters. The van der Waals surface area contributed by atoms with E-state index in [0.717, 1.165) is 11.0 Å². The number of carbonyl (C=O) groups excluding carboxylic acids is 1. The van der Waals surface area contributed by atoms with Gasteiger partial charge in [0.1, 0.15) is 12.3 Å². The highest BCUT2D eigenvalue weighted by atomic mass is 16.5. The third-order valence-electron chi connectivity index (χ3n) is 3.21. The molecule has 0 fully saturated rings. The third kappa shape index (κ3) is 1.94. The SMILES string of the molecule is CCOC(=O)[C@@H]1C[C@@H](O)Nc2nc3ccccc3n21. The number of para-hydroxylation sites is 2. The van der Waals surface area contributed by atoms with E-state index < -0.39 is 12.3 Å². The Morgan fingerprint density at radius 3 is 3.16 bits per heavy atom. The molecule has 1 aromatic heterocycles. The van der Waals surface area contributed by atoms with Gasteiger partial charge in [0.05, 0.1) is 17.6 Å². The fraction of sp³-hybridized carbons (Fsp3) is 0.385. The maximum absolute atomic E-state index is 12.0. The number of anilines is 1. The van der Waals surface area contributed by atoms with Crippen molar-refractivity contribution >= 4 is 23.0 Å². The van der Waals surface area contributed by atoms with Crippen LogP contribution in [0.3, 0.4) is 0 Å². The van der Waals surface area contributed by atoms with Crippen molar-refractivity contribution in [2.75, 3.05) is 11.9 Å². The van der Waals surface area contributed by atoms with Crippen LogP contribution in [0, 0.1) is 0 Å². The Labute approximate surface area is 110 Å². The molecule has 0 aliphatic carbocycles. The number of benzene rings is 1. The minimum absolute atomic E-state index is 0.270. The minimum Gasteiger partial charge on any atom is -0.464 e. The van der Waals surface area contributed by atoms with Gasteiger partial charge in [-0.05, 0) is 19.1 Å². The van der Waals surface area contributed by atoms with Gasteiger partial charge in [-0.2, -0.15) is 0 Å². The molecule has 0 radical (unpaired) electrons. The van der Waals surface area contributed by atoms with Crippen LogP contribution < -0.4 is 5.32 Å². The number of esters is 1. The molecule has 100 valence electrons. The topological polar surface area (TPSA) is 76.4 Å². The normalized spacial score (nSPS) is 21.8. The van der Waals surface area contributed by atoms with Gasteiger partial charge in [-0.15, -0.1) is 0 Å². The summed E-state index contributed by atoms with van der Waals surface area (Å²) in [5, 5.41) is 12.7. The van der Waals surface area contributed by atoms with E-state index in [1.54, 1.807) is 11.5 Å². The average molecular weight is 261 g/mol. The van der Waals surface area contributed by atoms with Gasteiger partial charge in [0.25, 0.3) is 0 Å². The molecule has 0 spiro atoms. The molecule has 2 heterocycles. The van der Waals surface area contributed by atoms with E-state index in [2.05, 4.69) is 10.3 Å². The second kappa shape index (κ2) is 4.55. The van der Waals surface area contributed by atoms with Crippen LogP contribution in [-0.2, 0) is 9.53 Å². The van der Waals surface area contributed by atoms with E-state index in [-0.39, 0.29) is 12.4 Å². The van der Waals surface area contributed by atoms with Crippen molar-refractivity contribution in [2.24, 2.45) is 0 Å². The number of aliphatic hydroxyl groups is 1. The smallest absolute Gasteiger partial charge is 0.329 e. The zero-order valence-electron chi connectivity index (χ0n) is 10.5. The Bertz CT molecular complexity index is 623. The Balaban J connectivity index is 2.12. The molecule has 6 heteroatoms. The number of aliphatic hydroxyl groups excluding tert-OH is 1. The first kappa shape index (κ1) is 12.0. The molecule has 19 heavy (non-hydrogen) atoms. The van der Waals surface area contributed by atoms with Crippen molar-refractivity contribution in [1.82, 2.24) is 9.55 Å². The number of imidazole rings is 1. The summed E-state index contributed by atoms with van der Waals surface area (Å²) in [7, 11) is 0. The summed E-state index contributed by atoms with van der Waals surface area (Å²) in [5.74, 6) is 0.158. The average Bonchev–Trinajstić information content (AvgIpc) is 2.75. The number of rotatable bonds is 2. The van der Waals surface area contributed by atoms with Gasteiger partial charge in [0.15, 0.2) is 0 Å². The highest BCUT2D eigenvalue weighted by Gasteiger charge is 2.33. The van der Waals surface area contributed by atoms with Crippen LogP contribution in [0.2, 0.25) is 0 Å². The molecule has 1 aromatic carbocycles. The predicted molar refractivity (Wildman–Crippen MR) is 69.6 cm³/mol. The van der Waals surface area contributed by atoms with Crippen molar-refractivity contribution in [3.63, 3.8) is 0 Å². The van der Waals surface area contributed by atoms with E-state index in [4.69, 9.17) is 4.74 Å². The van der Waals surface area contributed by atoms with Gasteiger partial charge in [-0.1, -0.05) is 12.1 Å². The number of nitrogens with one attached hydrogen (secondary N) is 1. The summed E-state index contributed by atoms with van der Waals surface area (Å²) in [6, 6.07) is 7.01. The molecule has 2 aromatic rings. The van der Waals surface area contributed by atoms with Crippen molar-refractivity contribution < 1.29 is 14.6 Å². The summed E-state index contributed by atoms with van der Waals surface area (Å²) in [6.07, 6.45) is -0.523. The predicted octanol–water partition coefficient (Wildman–Crippen LogP) is 1.27. The van der Waals surface area contributed by atoms with Crippen LogP contribution in [0.1, 0.15) is 19.4 Å². The van der Waals surface area contributed by atoms with E-state index in [0.29, 0.717) is 12.6 Å². The summed E-state index contributed by atoms with van der Waals surface area (Å²) in [4.78, 5) is 16.4. The van der Waals surface area contributed by atoms with Gasteiger partial charge in [0.2, 0.25) is 5.95 Å². The van der Waals surface area contributed by atoms with Crippen LogP contribution >= 0.6 is 0 Å². The van der Waals surface area contributed by atoms with Crippen molar-refractivity contribution in [1.29, 1.82) is 0 Å². The molecule has 3 rings (SSSR count). The van der Waals surface area contributed by atoms with Crippen LogP contribution in [-0.4, -0.2) is 33.5 Å². The molecule has 0 amide bonds. The van der Waals surface area contributed by atoms with E-state index in [1.807, 2.05) is 24.3 Å². The summed E-state index contributed by atoms with van der Waals surface area (Å²) in [6.45, 7) is 2.09. The Morgan fingerprint density at radius 2 is 2.37 bits per heavy atom. The molecule has 2 N–H and O–H groups in total. The number of aromatic nitrogens is 2. The Morgan fingerprint density at radius 1 is 1.58 bits per heavy atom. The van der Waals surface area contributed by atoms with Crippen molar-refractivity contribution in [3.8, 4) is 0 Å². The van der Waals surface area contributed by atoms with Gasteiger partial charge < -0.3 is 15.2 Å². The zero-order valence-corrected chi connectivity index (χ0v) is 10.5. The first-order valence-electron chi connectivity index (χ1n) is 6.29. The lowest BCUT2D eigenvalue weighted by molar-refractivity contribution is -0.148. The quantitative estimate of drug-likeness (QED) is 0.796. The van der Waals surface area contributed by atoms with Crippen LogP contribution in [0.25, 0.3) is 11.0 Å². The maximum atomic E-state index is 12.0. The Hall–Kier alpha value is -2.08. The summed E-state index contributed by atoms with van der Waals surface area (Å²) < 4.78 is 6.87. The van der Waals surface area contributed by atoms with E-state index in [9.17, 15) is 9.90 Å². The van der Waals surface area contributed by atoms with E-state index in [1.165, 1.54) is 0 Å². The lowest BCUT2D eigenvalue weighted by Crippen LogP contribution is -2.36. The molecular weight excluding hydrogens is 246 g/mol. The third-order valence-corrected chi connectivity index (χ3v) is 3.21. The molecule has 1 aliphatic heterocycles. The molecule has 6 nitrogen and oxygen atoms in total. The number of carbonyl (C=O) groups is 1. The highest BCUT2D eigenvalue weighted by molar-refractivity contribution is 5.84. The van der Waals surface area contributed by atoms with Crippen LogP contribution in [0.5, 0.6) is 0 Å². The number of ether oxygens (including phenoxy) is 1. The van der Waals surface area contributed by atoms with E-state index >= 15 is 0 Å². The highest BCUT2D eigenvalue weighted by Crippen LogP contribution is 2.32. The first-order chi connectivity index (χ1) is 9.20. The van der Waals surface area contributed by atoms with Crippen LogP contribution in [0.4, 0.5) is 5.95 Å². The molecular formula is C13H15N3O3. The maximum Gasteiger partial charge on any atom is 0.329 e. The number of hydrogen-bond donors (Lipinski definition) is 2. The van der Waals surface area contributed by atoms with Crippen molar-refractivity contribution in [2.45, 2.75) is 25.6 Å². The molecule has 0 saturated carbocycles. The van der Waals surface area contributed by atoms with Crippen LogP contribution in [0.15, 0.2) is 24.3 Å². The molecule has 2 atom stereocenters. The van der Waals surface area contributed by atoms with Gasteiger partial charge >= 0.3 is 5.97 Å². The van der Waals surface area contributed by atoms with Gasteiger partial charge in [-0.3, -0.25) is 4.57 Å².